The molecule has 1 amide bonds. The topological polar surface area (TPSA) is 99.3 Å². The first-order valence-electron chi connectivity index (χ1n) is 11.7. The second kappa shape index (κ2) is 9.79. The minimum atomic E-state index is -0.639. The number of carbonyl (C=O) groups is 1. The molecule has 184 valence electrons. The Hall–Kier alpha value is -3.24. The van der Waals surface area contributed by atoms with Gasteiger partial charge in [-0.05, 0) is 61.7 Å². The molecule has 0 radical (unpaired) electrons. The van der Waals surface area contributed by atoms with Gasteiger partial charge in [-0.15, -0.1) is 0 Å². The number of anilines is 1. The Morgan fingerprint density at radius 3 is 2.94 bits per heavy atom. The number of aromatic nitrogens is 2. The highest BCUT2D eigenvalue weighted by atomic mass is 32.1. The highest BCUT2D eigenvalue weighted by Gasteiger charge is 2.35. The third-order valence-corrected chi connectivity index (χ3v) is 7.46. The van der Waals surface area contributed by atoms with Crippen molar-refractivity contribution in [3.8, 4) is 5.75 Å². The number of nitrogens with one attached hydrogen (secondary N) is 3. The molecule has 35 heavy (non-hydrogen) atoms. The predicted molar refractivity (Wildman–Crippen MR) is 133 cm³/mol. The van der Waals surface area contributed by atoms with Crippen LogP contribution in [0.1, 0.15) is 44.4 Å². The van der Waals surface area contributed by atoms with Crippen LogP contribution in [0.2, 0.25) is 0 Å². The Bertz CT molecular complexity index is 1310. The van der Waals surface area contributed by atoms with E-state index in [9.17, 15) is 14.0 Å². The molecule has 3 aromatic rings. The summed E-state index contributed by atoms with van der Waals surface area (Å²) in [5.74, 6) is -0.896. The number of amides is 1. The van der Waals surface area contributed by atoms with E-state index in [2.05, 4.69) is 33.0 Å². The lowest BCUT2D eigenvalue weighted by Gasteiger charge is -2.22. The number of aromatic amines is 1. The number of carbonyl (C=O) groups excluding carboxylic acids is 1. The average Bonchev–Trinajstić information content (AvgIpc) is 3.42. The number of rotatable bonds is 6. The fourth-order valence-corrected chi connectivity index (χ4v) is 5.70. The number of halogens is 1. The fourth-order valence-electron chi connectivity index (χ4n) is 4.94. The van der Waals surface area contributed by atoms with E-state index in [1.54, 1.807) is 6.07 Å². The summed E-state index contributed by atoms with van der Waals surface area (Å²) in [6.07, 6.45) is 2.05. The van der Waals surface area contributed by atoms with Crippen molar-refractivity contribution in [2.45, 2.75) is 38.3 Å². The van der Waals surface area contributed by atoms with Gasteiger partial charge in [0.25, 0.3) is 5.91 Å². The van der Waals surface area contributed by atoms with Gasteiger partial charge in [0.05, 0.1) is 11.6 Å². The summed E-state index contributed by atoms with van der Waals surface area (Å²) < 4.78 is 20.8. The van der Waals surface area contributed by atoms with Crippen LogP contribution in [0, 0.1) is 12.7 Å². The second-order valence-corrected chi connectivity index (χ2v) is 10.3. The molecule has 3 heterocycles. The van der Waals surface area contributed by atoms with Crippen molar-refractivity contribution in [1.82, 2.24) is 20.4 Å². The molecule has 0 aliphatic carbocycles. The van der Waals surface area contributed by atoms with Crippen LogP contribution in [0.3, 0.4) is 0 Å². The number of benzene rings is 2. The van der Waals surface area contributed by atoms with Crippen molar-refractivity contribution < 1.29 is 13.9 Å². The van der Waals surface area contributed by atoms with Crippen LogP contribution in [0.5, 0.6) is 5.75 Å². The molecule has 5 rings (SSSR count). The fraction of sp³-hybridized carbons (Fsp3) is 0.400. The van der Waals surface area contributed by atoms with Gasteiger partial charge < -0.3 is 20.3 Å². The first kappa shape index (κ1) is 23.5. The molecule has 0 spiro atoms. The van der Waals surface area contributed by atoms with E-state index < -0.39 is 11.7 Å². The minimum absolute atomic E-state index is 0.0435. The second-order valence-electron chi connectivity index (χ2n) is 9.27. The van der Waals surface area contributed by atoms with Gasteiger partial charge in [-0.1, -0.05) is 17.4 Å². The average molecular weight is 498 g/mol. The largest absolute Gasteiger partial charge is 0.489 e. The maximum absolute atomic E-state index is 14.9. The standard InChI is InChI=1S/C25H28FN5O3S/c1-14-8-15(17-4-3-7-27-21(17)9-14)13-34-16-5-6-18(20(26)10-16)23(32)28-22-12-31(2)11-19(22)24-29-30-25(33)35-24/h5-6,8-10,19,22,27H,3-4,7,11-13H2,1-2H3,(H,28,32)(H,30,33)/t19-,22+/m0/s1. The first-order chi connectivity index (χ1) is 16.9. The molecule has 2 aliphatic rings. The molecule has 10 heteroatoms. The third-order valence-electron chi connectivity index (χ3n) is 6.58. The van der Waals surface area contributed by atoms with Crippen molar-refractivity contribution in [3.05, 3.63) is 73.1 Å². The SMILES string of the molecule is Cc1cc(COc2ccc(C(=O)N[C@@H]3CN(C)C[C@@H]3c3n[nH]c(=O)s3)c(F)c2)c2c(c1)NCCC2. The summed E-state index contributed by atoms with van der Waals surface area (Å²) >= 11 is 1.04. The van der Waals surface area contributed by atoms with E-state index >= 15 is 0 Å². The number of likely N-dealkylation sites (N-methyl/N-ethyl adjacent to an activating group) is 1. The third kappa shape index (κ3) is 5.08. The molecule has 2 aromatic carbocycles. The Labute approximate surface area is 206 Å². The number of H-pyrrole nitrogens is 1. The van der Waals surface area contributed by atoms with E-state index in [1.165, 1.54) is 17.7 Å². The summed E-state index contributed by atoms with van der Waals surface area (Å²) in [6, 6.07) is 8.30. The van der Waals surface area contributed by atoms with Crippen molar-refractivity contribution in [1.29, 1.82) is 0 Å². The lowest BCUT2D eigenvalue weighted by molar-refractivity contribution is 0.0931. The van der Waals surface area contributed by atoms with Crippen LogP contribution in [0.4, 0.5) is 10.1 Å². The van der Waals surface area contributed by atoms with E-state index in [1.807, 2.05) is 18.9 Å². The van der Waals surface area contributed by atoms with E-state index in [0.29, 0.717) is 30.5 Å². The summed E-state index contributed by atoms with van der Waals surface area (Å²) in [4.78, 5) is 26.2. The molecule has 8 nitrogen and oxygen atoms in total. The van der Waals surface area contributed by atoms with Gasteiger partial charge in [0, 0.05) is 37.3 Å². The van der Waals surface area contributed by atoms with Crippen molar-refractivity contribution in [3.63, 3.8) is 0 Å². The molecule has 0 bridgehead atoms. The highest BCUT2D eigenvalue weighted by molar-refractivity contribution is 7.08. The maximum atomic E-state index is 14.9. The molecule has 3 N–H and O–H groups in total. The Morgan fingerprint density at radius 2 is 2.17 bits per heavy atom. The number of aryl methyl sites for hydroxylation is 1. The number of nitrogens with zero attached hydrogens (tertiary/aromatic N) is 2. The summed E-state index contributed by atoms with van der Waals surface area (Å²) in [6.45, 7) is 4.58. The summed E-state index contributed by atoms with van der Waals surface area (Å²) in [5.41, 5.74) is 4.58. The van der Waals surface area contributed by atoms with Crippen LogP contribution >= 0.6 is 11.3 Å². The Kier molecular flexibility index (Phi) is 6.57. The first-order valence-corrected chi connectivity index (χ1v) is 12.5. The van der Waals surface area contributed by atoms with Crippen LogP contribution in [-0.4, -0.2) is 53.7 Å². The van der Waals surface area contributed by atoms with Gasteiger partial charge in [0.2, 0.25) is 0 Å². The van der Waals surface area contributed by atoms with E-state index in [4.69, 9.17) is 4.74 Å². The number of hydrogen-bond donors (Lipinski definition) is 3. The number of likely N-dealkylation sites (tertiary alicyclic amines) is 1. The zero-order valence-corrected chi connectivity index (χ0v) is 20.5. The molecule has 1 aromatic heterocycles. The predicted octanol–water partition coefficient (Wildman–Crippen LogP) is 3.04. The van der Waals surface area contributed by atoms with Gasteiger partial charge in [-0.2, -0.15) is 5.10 Å². The van der Waals surface area contributed by atoms with Gasteiger partial charge in [-0.3, -0.25) is 9.59 Å². The van der Waals surface area contributed by atoms with Crippen molar-refractivity contribution in [2.24, 2.45) is 0 Å². The molecular formula is C25H28FN5O3S. The number of ether oxygens (including phenoxy) is 1. The van der Waals surface area contributed by atoms with Crippen LogP contribution in [-0.2, 0) is 13.0 Å². The zero-order chi connectivity index (χ0) is 24.5. The monoisotopic (exact) mass is 497 g/mol. The van der Waals surface area contributed by atoms with Crippen LogP contribution < -0.4 is 20.2 Å². The molecule has 0 saturated carbocycles. The van der Waals surface area contributed by atoms with Crippen LogP contribution in [0.15, 0.2) is 35.1 Å². The smallest absolute Gasteiger partial charge is 0.322 e. The minimum Gasteiger partial charge on any atom is -0.489 e. The lowest BCUT2D eigenvalue weighted by Crippen LogP contribution is -2.40. The highest BCUT2D eigenvalue weighted by Crippen LogP contribution is 2.29. The lowest BCUT2D eigenvalue weighted by atomic mass is 9.96. The molecule has 1 fully saturated rings. The molecule has 0 unspecified atom stereocenters. The number of hydrogen-bond acceptors (Lipinski definition) is 7. The molecule has 1 saturated heterocycles. The van der Waals surface area contributed by atoms with E-state index in [-0.39, 0.29) is 22.4 Å². The quantitative estimate of drug-likeness (QED) is 0.484. The van der Waals surface area contributed by atoms with Gasteiger partial charge in [0.1, 0.15) is 23.2 Å². The zero-order valence-electron chi connectivity index (χ0n) is 19.7. The van der Waals surface area contributed by atoms with E-state index in [0.717, 1.165) is 47.5 Å². The van der Waals surface area contributed by atoms with Gasteiger partial charge in [-0.25, -0.2) is 9.49 Å². The van der Waals surface area contributed by atoms with Gasteiger partial charge >= 0.3 is 4.87 Å². The Morgan fingerprint density at radius 1 is 1.31 bits per heavy atom. The van der Waals surface area contributed by atoms with Crippen LogP contribution in [0.25, 0.3) is 0 Å². The molecular weight excluding hydrogens is 469 g/mol. The molecule has 2 aliphatic heterocycles. The maximum Gasteiger partial charge on any atom is 0.322 e. The van der Waals surface area contributed by atoms with Gasteiger partial charge in [0.15, 0.2) is 0 Å². The van der Waals surface area contributed by atoms with Crippen molar-refractivity contribution >= 4 is 22.9 Å². The Balaban J connectivity index is 1.27. The normalized spacial score (nSPS) is 19.7. The molecule has 2 atom stereocenters. The summed E-state index contributed by atoms with van der Waals surface area (Å²) in [5, 5.41) is 13.5. The number of fused-ring (bicyclic) bond motifs is 1. The van der Waals surface area contributed by atoms with Crippen molar-refractivity contribution in [2.75, 3.05) is 32.0 Å². The summed E-state index contributed by atoms with van der Waals surface area (Å²) in [7, 11) is 1.93.